The van der Waals surface area contributed by atoms with Crippen LogP contribution in [0.4, 0.5) is 5.69 Å². The average molecular weight is 450 g/mol. The van der Waals surface area contributed by atoms with Gasteiger partial charge in [-0.15, -0.1) is 10.2 Å². The predicted octanol–water partition coefficient (Wildman–Crippen LogP) is 3.71. The number of thioether (sulfide) groups is 1. The number of nitrogens with one attached hydrogen (secondary N) is 1. The highest BCUT2D eigenvalue weighted by molar-refractivity contribution is 8.00. The van der Waals surface area contributed by atoms with Crippen LogP contribution in [0.25, 0.3) is 11.3 Å². The number of carbonyl (C=O) groups excluding carboxylic acids is 1. The molecule has 1 N–H and O–H groups in total. The number of fused-ring (bicyclic) bond motifs is 1. The van der Waals surface area contributed by atoms with Crippen LogP contribution in [-0.4, -0.2) is 37.4 Å². The summed E-state index contributed by atoms with van der Waals surface area (Å²) >= 11 is 1.28. The van der Waals surface area contributed by atoms with E-state index in [9.17, 15) is 9.59 Å². The molecule has 0 bridgehead atoms. The molecule has 0 spiro atoms. The normalized spacial score (nSPS) is 12.0. The number of methoxy groups -OCH3 is 1. The summed E-state index contributed by atoms with van der Waals surface area (Å²) in [5.74, 6) is 0.533. The van der Waals surface area contributed by atoms with Crippen LogP contribution in [0.15, 0.2) is 70.9 Å². The summed E-state index contributed by atoms with van der Waals surface area (Å²) in [7, 11) is 1.58. The molecule has 2 aromatic carbocycles. The van der Waals surface area contributed by atoms with Gasteiger partial charge in [0.2, 0.25) is 11.6 Å². The van der Waals surface area contributed by atoms with Crippen molar-refractivity contribution < 1.29 is 9.53 Å². The monoisotopic (exact) mass is 449 g/mol. The van der Waals surface area contributed by atoms with Crippen molar-refractivity contribution in [1.29, 1.82) is 0 Å². The lowest BCUT2D eigenvalue weighted by Gasteiger charge is -2.15. The zero-order valence-electron chi connectivity index (χ0n) is 18.0. The van der Waals surface area contributed by atoms with E-state index in [0.717, 1.165) is 11.3 Å². The van der Waals surface area contributed by atoms with Gasteiger partial charge in [0.1, 0.15) is 5.75 Å². The predicted molar refractivity (Wildman–Crippen MR) is 125 cm³/mol. The molecular formula is C23H23N5O3S. The van der Waals surface area contributed by atoms with E-state index in [0.29, 0.717) is 23.0 Å². The second-order valence-corrected chi connectivity index (χ2v) is 8.34. The Morgan fingerprint density at radius 2 is 1.97 bits per heavy atom. The number of para-hydroxylation sites is 1. The van der Waals surface area contributed by atoms with Crippen molar-refractivity contribution in [3.05, 3.63) is 76.8 Å². The summed E-state index contributed by atoms with van der Waals surface area (Å²) in [4.78, 5) is 25.9. The van der Waals surface area contributed by atoms with Crippen LogP contribution in [0.3, 0.4) is 0 Å². The van der Waals surface area contributed by atoms with Crippen LogP contribution in [0.2, 0.25) is 0 Å². The number of hydrogen-bond acceptors (Lipinski definition) is 6. The number of rotatable bonds is 7. The molecule has 2 heterocycles. The lowest BCUT2D eigenvalue weighted by molar-refractivity contribution is -0.115. The molecule has 1 amide bonds. The topological polar surface area (TPSA) is 90.5 Å². The number of hydrogen-bond donors (Lipinski definition) is 1. The smallest absolute Gasteiger partial charge is 0.300 e. The maximum Gasteiger partial charge on any atom is 0.300 e. The van der Waals surface area contributed by atoms with Crippen LogP contribution < -0.4 is 15.6 Å². The highest BCUT2D eigenvalue weighted by Crippen LogP contribution is 2.26. The van der Waals surface area contributed by atoms with Gasteiger partial charge in [-0.1, -0.05) is 43.0 Å². The third-order valence-electron chi connectivity index (χ3n) is 5.08. The summed E-state index contributed by atoms with van der Waals surface area (Å²) in [6.07, 6.45) is 3.98. The molecule has 0 aliphatic heterocycles. The van der Waals surface area contributed by atoms with Crippen molar-refractivity contribution in [2.24, 2.45) is 0 Å². The molecule has 32 heavy (non-hydrogen) atoms. The Morgan fingerprint density at radius 3 is 2.72 bits per heavy atom. The number of benzene rings is 2. The van der Waals surface area contributed by atoms with Gasteiger partial charge in [-0.05, 0) is 37.1 Å². The van der Waals surface area contributed by atoms with E-state index in [1.54, 1.807) is 30.0 Å². The van der Waals surface area contributed by atoms with Gasteiger partial charge in [-0.2, -0.15) is 0 Å². The van der Waals surface area contributed by atoms with Gasteiger partial charge in [0.15, 0.2) is 5.16 Å². The summed E-state index contributed by atoms with van der Waals surface area (Å²) in [6.45, 7) is 3.89. The second kappa shape index (κ2) is 9.27. The number of ether oxygens (including phenoxy) is 1. The SMILES string of the molecule is CC[C@H](Sc1nnc2c(=O)n(-c3cccc(OC)c3)ccn12)C(=O)Nc1ccccc1C. The lowest BCUT2D eigenvalue weighted by atomic mass is 10.2. The van der Waals surface area contributed by atoms with Crippen LogP contribution in [-0.2, 0) is 4.79 Å². The molecule has 9 heteroatoms. The van der Waals surface area contributed by atoms with Gasteiger partial charge in [0.05, 0.1) is 18.0 Å². The maximum atomic E-state index is 13.0. The van der Waals surface area contributed by atoms with Gasteiger partial charge >= 0.3 is 5.56 Å². The first kappa shape index (κ1) is 21.6. The first-order chi connectivity index (χ1) is 15.5. The van der Waals surface area contributed by atoms with Gasteiger partial charge in [0, 0.05) is 24.1 Å². The number of anilines is 1. The fourth-order valence-electron chi connectivity index (χ4n) is 3.29. The molecule has 0 saturated heterocycles. The molecule has 164 valence electrons. The number of carbonyl (C=O) groups is 1. The van der Waals surface area contributed by atoms with E-state index < -0.39 is 0 Å². The molecule has 0 saturated carbocycles. The number of aromatic nitrogens is 4. The minimum atomic E-state index is -0.386. The Balaban J connectivity index is 1.60. The van der Waals surface area contributed by atoms with E-state index in [1.165, 1.54) is 16.3 Å². The lowest BCUT2D eigenvalue weighted by Crippen LogP contribution is -2.25. The number of nitrogens with zero attached hydrogens (tertiary/aromatic N) is 4. The summed E-state index contributed by atoms with van der Waals surface area (Å²) in [6, 6.07) is 14.8. The largest absolute Gasteiger partial charge is 0.497 e. The number of amides is 1. The fourth-order valence-corrected chi connectivity index (χ4v) is 4.22. The Morgan fingerprint density at radius 1 is 1.16 bits per heavy atom. The molecule has 8 nitrogen and oxygen atoms in total. The highest BCUT2D eigenvalue weighted by atomic mass is 32.2. The third kappa shape index (κ3) is 4.24. The fraction of sp³-hybridized carbons (Fsp3) is 0.217. The van der Waals surface area contributed by atoms with E-state index in [1.807, 2.05) is 56.3 Å². The third-order valence-corrected chi connectivity index (χ3v) is 6.41. The average Bonchev–Trinajstić information content (AvgIpc) is 3.22. The Hall–Kier alpha value is -3.59. The quantitative estimate of drug-likeness (QED) is 0.433. The maximum absolute atomic E-state index is 13.0. The van der Waals surface area contributed by atoms with E-state index >= 15 is 0 Å². The molecule has 1 atom stereocenters. The molecule has 0 fully saturated rings. The van der Waals surface area contributed by atoms with E-state index in [2.05, 4.69) is 15.5 Å². The van der Waals surface area contributed by atoms with E-state index in [4.69, 9.17) is 4.74 Å². The summed E-state index contributed by atoms with van der Waals surface area (Å²) in [5, 5.41) is 11.3. The summed E-state index contributed by atoms with van der Waals surface area (Å²) < 4.78 is 8.35. The van der Waals surface area contributed by atoms with Crippen molar-refractivity contribution >= 4 is 29.0 Å². The minimum absolute atomic E-state index is 0.117. The molecule has 0 aliphatic carbocycles. The molecule has 0 unspecified atom stereocenters. The Kier molecular flexibility index (Phi) is 6.27. The van der Waals surface area contributed by atoms with Crippen molar-refractivity contribution in [1.82, 2.24) is 19.2 Å². The van der Waals surface area contributed by atoms with Crippen molar-refractivity contribution in [3.8, 4) is 11.4 Å². The van der Waals surface area contributed by atoms with Gasteiger partial charge < -0.3 is 10.1 Å². The molecular weight excluding hydrogens is 426 g/mol. The molecule has 4 aromatic rings. The van der Waals surface area contributed by atoms with Crippen LogP contribution in [0.5, 0.6) is 5.75 Å². The highest BCUT2D eigenvalue weighted by Gasteiger charge is 2.22. The van der Waals surface area contributed by atoms with E-state index in [-0.39, 0.29) is 22.4 Å². The van der Waals surface area contributed by atoms with Gasteiger partial charge in [-0.3, -0.25) is 18.6 Å². The molecule has 0 radical (unpaired) electrons. The summed E-state index contributed by atoms with van der Waals surface area (Å²) in [5.41, 5.74) is 2.32. The Labute approximate surface area is 189 Å². The first-order valence-electron chi connectivity index (χ1n) is 10.2. The molecule has 4 rings (SSSR count). The zero-order valence-corrected chi connectivity index (χ0v) is 18.8. The Bertz CT molecular complexity index is 1330. The van der Waals surface area contributed by atoms with Gasteiger partial charge in [-0.25, -0.2) is 0 Å². The molecule has 2 aromatic heterocycles. The van der Waals surface area contributed by atoms with Crippen molar-refractivity contribution in [3.63, 3.8) is 0 Å². The standard InChI is InChI=1S/C23H23N5O3S/c1-4-19(21(29)24-18-11-6-5-8-15(18)2)32-23-26-25-20-22(30)27(12-13-28(20)23)16-9-7-10-17(14-16)31-3/h5-14,19H,4H2,1-3H3,(H,24,29)/t19-/m0/s1. The minimum Gasteiger partial charge on any atom is -0.497 e. The second-order valence-electron chi connectivity index (χ2n) is 7.17. The van der Waals surface area contributed by atoms with Crippen molar-refractivity contribution in [2.45, 2.75) is 30.7 Å². The molecule has 0 aliphatic rings. The van der Waals surface area contributed by atoms with Crippen LogP contribution in [0, 0.1) is 6.92 Å². The number of aryl methyl sites for hydroxylation is 1. The van der Waals surface area contributed by atoms with Crippen LogP contribution >= 0.6 is 11.8 Å². The van der Waals surface area contributed by atoms with Crippen molar-refractivity contribution in [2.75, 3.05) is 12.4 Å². The van der Waals surface area contributed by atoms with Gasteiger partial charge in [0.25, 0.3) is 0 Å². The zero-order chi connectivity index (χ0) is 22.7. The van der Waals surface area contributed by atoms with Crippen LogP contribution in [0.1, 0.15) is 18.9 Å². The first-order valence-corrected chi connectivity index (χ1v) is 11.0.